The third-order valence-corrected chi connectivity index (χ3v) is 5.50. The topological polar surface area (TPSA) is 151 Å². The molecule has 0 saturated heterocycles. The van der Waals surface area contributed by atoms with Gasteiger partial charge in [0.25, 0.3) is 5.91 Å². The summed E-state index contributed by atoms with van der Waals surface area (Å²) < 4.78 is 5.25. The lowest BCUT2D eigenvalue weighted by atomic mass is 9.99. The zero-order valence-electron chi connectivity index (χ0n) is 22.4. The predicted octanol–water partition coefficient (Wildman–Crippen LogP) is 3.47. The molecule has 0 heterocycles. The molecule has 10 heteroatoms. The quantitative estimate of drug-likeness (QED) is 0.349. The number of amides is 4. The van der Waals surface area contributed by atoms with Crippen LogP contribution < -0.4 is 16.4 Å². The van der Waals surface area contributed by atoms with Crippen molar-refractivity contribution < 1.29 is 29.0 Å². The second kappa shape index (κ2) is 12.8. The van der Waals surface area contributed by atoms with Gasteiger partial charge in [-0.1, -0.05) is 30.3 Å². The number of aryl methyl sites for hydroxylation is 2. The molecule has 204 valence electrons. The number of hydrogen-bond acceptors (Lipinski definition) is 6. The highest BCUT2D eigenvalue weighted by atomic mass is 16.6. The van der Waals surface area contributed by atoms with Gasteiger partial charge in [0.15, 0.2) is 0 Å². The highest BCUT2D eigenvalue weighted by molar-refractivity contribution is 6.00. The number of aromatic hydroxyl groups is 1. The Balaban J connectivity index is 2.56. The van der Waals surface area contributed by atoms with Crippen LogP contribution in [0.3, 0.4) is 0 Å². The van der Waals surface area contributed by atoms with E-state index in [0.717, 1.165) is 5.56 Å². The molecular weight excluding hydrogens is 488 g/mol. The fraction of sp³-hybridized carbons (Fsp3) is 0.357. The first-order valence-corrected chi connectivity index (χ1v) is 12.1. The van der Waals surface area contributed by atoms with Crippen molar-refractivity contribution in [2.45, 2.75) is 58.7 Å². The van der Waals surface area contributed by atoms with Gasteiger partial charge in [0.1, 0.15) is 23.4 Å². The summed E-state index contributed by atoms with van der Waals surface area (Å²) in [6, 6.07) is 9.07. The number of phenolic OH excluding ortho intramolecular Hbond substituents is 1. The lowest BCUT2D eigenvalue weighted by Crippen LogP contribution is -2.53. The summed E-state index contributed by atoms with van der Waals surface area (Å²) in [6.07, 6.45) is -0.0162. The van der Waals surface area contributed by atoms with Crippen LogP contribution in [0.25, 0.3) is 0 Å². The number of primary amides is 1. The Labute approximate surface area is 222 Å². The molecule has 0 radical (unpaired) electrons. The molecule has 0 spiro atoms. The average Bonchev–Trinajstić information content (AvgIpc) is 2.80. The van der Waals surface area contributed by atoms with E-state index in [2.05, 4.69) is 17.2 Å². The standard InChI is InChI=1S/C28H36N4O6/c1-7-14-32(26(36)21(16-23(29)34)31-27(37)38-28(4,5)6)24(19-12-13-22(33)18(3)15-19)25(35)30-20-11-9-8-10-17(20)2/h7-13,15,21,24,33H,1,14,16H2,2-6H3,(H2,29,34)(H,30,35)(H,31,37). The minimum Gasteiger partial charge on any atom is -0.508 e. The zero-order chi connectivity index (χ0) is 28.6. The average molecular weight is 525 g/mol. The third-order valence-electron chi connectivity index (χ3n) is 5.50. The van der Waals surface area contributed by atoms with Crippen LogP contribution in [0.5, 0.6) is 5.75 Å². The number of carbonyl (C=O) groups is 4. The van der Waals surface area contributed by atoms with Crippen molar-refractivity contribution in [3.05, 3.63) is 71.8 Å². The summed E-state index contributed by atoms with van der Waals surface area (Å²) in [5.41, 5.74) is 6.77. The molecule has 0 bridgehead atoms. The number of ether oxygens (including phenoxy) is 1. The molecule has 38 heavy (non-hydrogen) atoms. The second-order valence-corrected chi connectivity index (χ2v) is 9.90. The van der Waals surface area contributed by atoms with Crippen LogP contribution in [0.4, 0.5) is 10.5 Å². The number of phenols is 1. The molecule has 2 unspecified atom stereocenters. The first kappa shape index (κ1) is 29.9. The third kappa shape index (κ3) is 8.36. The molecule has 0 aliphatic rings. The van der Waals surface area contributed by atoms with E-state index in [4.69, 9.17) is 10.5 Å². The maximum atomic E-state index is 13.8. The zero-order valence-corrected chi connectivity index (χ0v) is 22.4. The monoisotopic (exact) mass is 524 g/mol. The highest BCUT2D eigenvalue weighted by Gasteiger charge is 2.36. The Morgan fingerprint density at radius 3 is 2.32 bits per heavy atom. The fourth-order valence-corrected chi connectivity index (χ4v) is 3.75. The van der Waals surface area contributed by atoms with E-state index >= 15 is 0 Å². The molecule has 10 nitrogen and oxygen atoms in total. The summed E-state index contributed by atoms with van der Waals surface area (Å²) in [5.74, 6) is -2.11. The maximum absolute atomic E-state index is 13.8. The highest BCUT2D eigenvalue weighted by Crippen LogP contribution is 2.29. The molecule has 0 aliphatic heterocycles. The van der Waals surface area contributed by atoms with Crippen molar-refractivity contribution >= 4 is 29.5 Å². The van der Waals surface area contributed by atoms with E-state index in [-0.39, 0.29) is 12.3 Å². The second-order valence-electron chi connectivity index (χ2n) is 9.90. The first-order chi connectivity index (χ1) is 17.7. The van der Waals surface area contributed by atoms with E-state index in [1.54, 1.807) is 45.9 Å². The van der Waals surface area contributed by atoms with Crippen LogP contribution in [0.15, 0.2) is 55.1 Å². The van der Waals surface area contributed by atoms with Crippen molar-refractivity contribution in [2.75, 3.05) is 11.9 Å². The lowest BCUT2D eigenvalue weighted by molar-refractivity contribution is -0.141. The van der Waals surface area contributed by atoms with Gasteiger partial charge in [-0.25, -0.2) is 4.79 Å². The number of hydrogen-bond donors (Lipinski definition) is 4. The number of nitrogens with two attached hydrogens (primary N) is 1. The maximum Gasteiger partial charge on any atom is 0.408 e. The molecule has 5 N–H and O–H groups in total. The van der Waals surface area contributed by atoms with Gasteiger partial charge in [-0.3, -0.25) is 14.4 Å². The molecule has 2 atom stereocenters. The Kier molecular flexibility index (Phi) is 10.0. The van der Waals surface area contributed by atoms with Crippen molar-refractivity contribution in [3.8, 4) is 5.75 Å². The van der Waals surface area contributed by atoms with Crippen molar-refractivity contribution in [2.24, 2.45) is 5.73 Å². The fourth-order valence-electron chi connectivity index (χ4n) is 3.75. The molecular formula is C28H36N4O6. The van der Waals surface area contributed by atoms with E-state index < -0.39 is 47.9 Å². The summed E-state index contributed by atoms with van der Waals surface area (Å²) in [7, 11) is 0. The normalized spacial score (nSPS) is 12.6. The Hall–Kier alpha value is -4.34. The molecule has 0 saturated carbocycles. The number of nitrogens with zero attached hydrogens (tertiary/aromatic N) is 1. The number of anilines is 1. The molecule has 4 amide bonds. The van der Waals surface area contributed by atoms with Crippen molar-refractivity contribution in [3.63, 3.8) is 0 Å². The van der Waals surface area contributed by atoms with Crippen LogP contribution >= 0.6 is 0 Å². The summed E-state index contributed by atoms with van der Waals surface area (Å²) in [5, 5.41) is 15.3. The summed E-state index contributed by atoms with van der Waals surface area (Å²) >= 11 is 0. The van der Waals surface area contributed by atoms with E-state index in [9.17, 15) is 24.3 Å². The number of rotatable bonds is 10. The number of nitrogens with one attached hydrogen (secondary N) is 2. The number of para-hydroxylation sites is 1. The predicted molar refractivity (Wildman–Crippen MR) is 144 cm³/mol. The summed E-state index contributed by atoms with van der Waals surface area (Å²) in [6.45, 7) is 12.1. The van der Waals surface area contributed by atoms with Gasteiger partial charge in [-0.2, -0.15) is 0 Å². The van der Waals surface area contributed by atoms with Crippen LogP contribution in [0.2, 0.25) is 0 Å². The lowest BCUT2D eigenvalue weighted by Gasteiger charge is -2.34. The van der Waals surface area contributed by atoms with Gasteiger partial charge in [-0.15, -0.1) is 6.58 Å². The Bertz CT molecular complexity index is 1200. The largest absolute Gasteiger partial charge is 0.508 e. The smallest absolute Gasteiger partial charge is 0.408 e. The van der Waals surface area contributed by atoms with Gasteiger partial charge >= 0.3 is 6.09 Å². The van der Waals surface area contributed by atoms with Gasteiger partial charge < -0.3 is 31.1 Å². The van der Waals surface area contributed by atoms with Gasteiger partial charge in [0.2, 0.25) is 11.8 Å². The van der Waals surface area contributed by atoms with Crippen LogP contribution in [0, 0.1) is 13.8 Å². The van der Waals surface area contributed by atoms with Gasteiger partial charge in [-0.05, 0) is 69.5 Å². The molecule has 0 aliphatic carbocycles. The SMILES string of the molecule is C=CCN(C(=O)C(CC(N)=O)NC(=O)OC(C)(C)C)C(C(=O)Nc1ccccc1C)c1ccc(O)c(C)c1. The van der Waals surface area contributed by atoms with Gasteiger partial charge in [0.05, 0.1) is 6.42 Å². The molecule has 2 aromatic carbocycles. The van der Waals surface area contributed by atoms with Crippen molar-refractivity contribution in [1.29, 1.82) is 0 Å². The molecule has 2 aromatic rings. The minimum atomic E-state index is -1.41. The molecule has 2 rings (SSSR count). The summed E-state index contributed by atoms with van der Waals surface area (Å²) in [4.78, 5) is 53.1. The molecule has 0 fully saturated rings. The van der Waals surface area contributed by atoms with Crippen LogP contribution in [0.1, 0.15) is 49.9 Å². The Morgan fingerprint density at radius 1 is 1.11 bits per heavy atom. The van der Waals surface area contributed by atoms with E-state index in [1.807, 2.05) is 19.1 Å². The molecule has 0 aromatic heterocycles. The van der Waals surface area contributed by atoms with E-state index in [0.29, 0.717) is 16.8 Å². The van der Waals surface area contributed by atoms with Crippen molar-refractivity contribution in [1.82, 2.24) is 10.2 Å². The number of alkyl carbamates (subject to hydrolysis) is 1. The number of benzene rings is 2. The Morgan fingerprint density at radius 2 is 1.76 bits per heavy atom. The first-order valence-electron chi connectivity index (χ1n) is 12.1. The minimum absolute atomic E-state index is 0.0200. The van der Waals surface area contributed by atoms with Crippen LogP contribution in [-0.2, 0) is 19.1 Å². The van der Waals surface area contributed by atoms with E-state index in [1.165, 1.54) is 23.1 Å². The van der Waals surface area contributed by atoms with Gasteiger partial charge in [0, 0.05) is 12.2 Å². The van der Waals surface area contributed by atoms with Crippen LogP contribution in [-0.4, -0.2) is 52.0 Å². The number of carbonyl (C=O) groups excluding carboxylic acids is 4.